The summed E-state index contributed by atoms with van der Waals surface area (Å²) in [5.41, 5.74) is 1.61. The number of hydrogen-bond donors (Lipinski definition) is 0. The van der Waals surface area contributed by atoms with E-state index < -0.39 is 11.4 Å². The van der Waals surface area contributed by atoms with E-state index in [4.69, 9.17) is 20.8 Å². The Morgan fingerprint density at radius 2 is 1.82 bits per heavy atom. The van der Waals surface area contributed by atoms with Gasteiger partial charge in [0.05, 0.1) is 16.0 Å². The van der Waals surface area contributed by atoms with Crippen LogP contribution in [0.5, 0.6) is 5.75 Å². The number of pyridine rings is 1. The first-order chi connectivity index (χ1) is 13.5. The molecule has 2 aromatic carbocycles. The fourth-order valence-corrected chi connectivity index (χ4v) is 3.06. The van der Waals surface area contributed by atoms with Crippen LogP contribution in [0, 0.1) is 6.92 Å². The molecule has 4 aromatic rings. The number of carbonyl (C=O) groups excluding carboxylic acids is 1. The summed E-state index contributed by atoms with van der Waals surface area (Å²) in [6, 6.07) is 15.1. The van der Waals surface area contributed by atoms with Crippen molar-refractivity contribution in [3.8, 4) is 17.1 Å². The van der Waals surface area contributed by atoms with Gasteiger partial charge >= 0.3 is 5.97 Å². The van der Waals surface area contributed by atoms with Crippen LogP contribution in [0.3, 0.4) is 0 Å². The lowest BCUT2D eigenvalue weighted by molar-refractivity contribution is 0.0731. The standard InChI is InChI=1S/C22H14ClNO4/c1-13-6-7-16-18(12-13)27-20(15-4-2-3-5-17(15)23)21(19(16)25)28-22(26)14-8-10-24-11-9-14/h2-12H,1H3. The Morgan fingerprint density at radius 1 is 1.07 bits per heavy atom. The number of carbonyl (C=O) groups is 1. The number of hydrogen-bond acceptors (Lipinski definition) is 5. The first-order valence-electron chi connectivity index (χ1n) is 8.49. The van der Waals surface area contributed by atoms with Crippen molar-refractivity contribution in [3.63, 3.8) is 0 Å². The SMILES string of the molecule is Cc1ccc2c(=O)c(OC(=O)c3ccncc3)c(-c3ccccc3Cl)oc2c1. The third-order valence-corrected chi connectivity index (χ3v) is 4.57. The highest BCUT2D eigenvalue weighted by molar-refractivity contribution is 6.33. The number of esters is 1. The van der Waals surface area contributed by atoms with Crippen LogP contribution in [-0.4, -0.2) is 11.0 Å². The van der Waals surface area contributed by atoms with Gasteiger partial charge in [0, 0.05) is 18.0 Å². The first kappa shape index (κ1) is 17.9. The van der Waals surface area contributed by atoms with Crippen LogP contribution in [0.15, 0.2) is 76.2 Å². The Balaban J connectivity index is 1.95. The topological polar surface area (TPSA) is 69.4 Å². The smallest absolute Gasteiger partial charge is 0.343 e. The monoisotopic (exact) mass is 391 g/mol. The molecule has 5 nitrogen and oxygen atoms in total. The van der Waals surface area contributed by atoms with Crippen LogP contribution in [0.25, 0.3) is 22.3 Å². The van der Waals surface area contributed by atoms with Crippen LogP contribution in [-0.2, 0) is 0 Å². The molecule has 0 saturated heterocycles. The van der Waals surface area contributed by atoms with E-state index in [2.05, 4.69) is 4.98 Å². The van der Waals surface area contributed by atoms with Crippen molar-refractivity contribution >= 4 is 28.5 Å². The molecule has 0 bridgehead atoms. The summed E-state index contributed by atoms with van der Waals surface area (Å²) in [5.74, 6) is -0.781. The first-order valence-corrected chi connectivity index (χ1v) is 8.87. The molecule has 0 fully saturated rings. The Hall–Kier alpha value is -3.44. The zero-order chi connectivity index (χ0) is 19.7. The molecule has 0 saturated carbocycles. The van der Waals surface area contributed by atoms with Gasteiger partial charge < -0.3 is 9.15 Å². The molecule has 0 aliphatic heterocycles. The van der Waals surface area contributed by atoms with Gasteiger partial charge in [0.2, 0.25) is 11.2 Å². The summed E-state index contributed by atoms with van der Waals surface area (Å²) in [5, 5.41) is 0.692. The highest BCUT2D eigenvalue weighted by Gasteiger charge is 2.22. The molecule has 0 spiro atoms. The quantitative estimate of drug-likeness (QED) is 0.458. The van der Waals surface area contributed by atoms with Gasteiger partial charge in [-0.2, -0.15) is 0 Å². The molecule has 0 N–H and O–H groups in total. The average molecular weight is 392 g/mol. The summed E-state index contributed by atoms with van der Waals surface area (Å²) in [4.78, 5) is 29.6. The third kappa shape index (κ3) is 3.28. The van der Waals surface area contributed by atoms with Gasteiger partial charge in [-0.1, -0.05) is 29.8 Å². The van der Waals surface area contributed by atoms with Gasteiger partial charge in [-0.15, -0.1) is 0 Å². The second-order valence-corrected chi connectivity index (χ2v) is 6.60. The van der Waals surface area contributed by atoms with Crippen LogP contribution in [0.2, 0.25) is 5.02 Å². The molecular formula is C22H14ClNO4. The summed E-state index contributed by atoms with van der Waals surface area (Å²) in [6.07, 6.45) is 2.94. The molecule has 0 atom stereocenters. The van der Waals surface area contributed by atoms with Crippen LogP contribution >= 0.6 is 11.6 Å². The van der Waals surface area contributed by atoms with E-state index in [1.165, 1.54) is 24.5 Å². The summed E-state index contributed by atoms with van der Waals surface area (Å²) in [6.45, 7) is 1.89. The molecule has 138 valence electrons. The lowest BCUT2D eigenvalue weighted by Gasteiger charge is -2.12. The number of aromatic nitrogens is 1. The maximum Gasteiger partial charge on any atom is 0.343 e. The van der Waals surface area contributed by atoms with E-state index in [1.54, 1.807) is 42.5 Å². The maximum absolute atomic E-state index is 13.1. The minimum atomic E-state index is -0.686. The van der Waals surface area contributed by atoms with Crippen molar-refractivity contribution in [2.45, 2.75) is 6.92 Å². The van der Waals surface area contributed by atoms with Crippen molar-refractivity contribution < 1.29 is 13.9 Å². The molecule has 2 heterocycles. The molecule has 28 heavy (non-hydrogen) atoms. The van der Waals surface area contributed by atoms with Crippen molar-refractivity contribution in [3.05, 3.63) is 93.4 Å². The van der Waals surface area contributed by atoms with E-state index in [-0.39, 0.29) is 17.1 Å². The summed E-state index contributed by atoms with van der Waals surface area (Å²) < 4.78 is 11.5. The van der Waals surface area contributed by atoms with Gasteiger partial charge in [0.1, 0.15) is 5.58 Å². The molecule has 6 heteroatoms. The van der Waals surface area contributed by atoms with Crippen molar-refractivity contribution in [1.82, 2.24) is 4.98 Å². The Bertz CT molecular complexity index is 1250. The zero-order valence-corrected chi connectivity index (χ0v) is 15.6. The third-order valence-electron chi connectivity index (χ3n) is 4.24. The maximum atomic E-state index is 13.1. The minimum absolute atomic E-state index is 0.108. The second kappa shape index (κ2) is 7.29. The molecule has 0 aliphatic carbocycles. The zero-order valence-electron chi connectivity index (χ0n) is 14.8. The minimum Gasteiger partial charge on any atom is -0.452 e. The van der Waals surface area contributed by atoms with Crippen LogP contribution < -0.4 is 10.2 Å². The number of benzene rings is 2. The molecular weight excluding hydrogens is 378 g/mol. The number of rotatable bonds is 3. The van der Waals surface area contributed by atoms with E-state index >= 15 is 0 Å². The number of halogens is 1. The largest absolute Gasteiger partial charge is 0.452 e. The van der Waals surface area contributed by atoms with Crippen LogP contribution in [0.4, 0.5) is 0 Å². The number of aryl methyl sites for hydroxylation is 1. The summed E-state index contributed by atoms with van der Waals surface area (Å²) >= 11 is 6.31. The van der Waals surface area contributed by atoms with E-state index in [9.17, 15) is 9.59 Å². The Kier molecular flexibility index (Phi) is 4.67. The molecule has 4 rings (SSSR count). The molecule has 0 radical (unpaired) electrons. The fraction of sp³-hybridized carbons (Fsp3) is 0.0455. The summed E-state index contributed by atoms with van der Waals surface area (Å²) in [7, 11) is 0. The number of ether oxygens (including phenoxy) is 1. The van der Waals surface area contributed by atoms with Gasteiger partial charge in [-0.25, -0.2) is 4.79 Å². The second-order valence-electron chi connectivity index (χ2n) is 6.19. The molecule has 0 amide bonds. The lowest BCUT2D eigenvalue weighted by Crippen LogP contribution is -2.16. The normalized spacial score (nSPS) is 10.8. The Labute approximate surface area is 165 Å². The fourth-order valence-electron chi connectivity index (χ4n) is 2.84. The van der Waals surface area contributed by atoms with E-state index in [0.717, 1.165) is 5.56 Å². The highest BCUT2D eigenvalue weighted by Crippen LogP contribution is 2.35. The highest BCUT2D eigenvalue weighted by atomic mass is 35.5. The Morgan fingerprint density at radius 3 is 2.57 bits per heavy atom. The van der Waals surface area contributed by atoms with E-state index in [0.29, 0.717) is 21.6 Å². The van der Waals surface area contributed by atoms with Gasteiger partial charge in [-0.05, 0) is 48.9 Å². The van der Waals surface area contributed by atoms with Gasteiger partial charge in [-0.3, -0.25) is 9.78 Å². The van der Waals surface area contributed by atoms with Crippen molar-refractivity contribution in [2.75, 3.05) is 0 Å². The lowest BCUT2D eigenvalue weighted by atomic mass is 10.1. The number of fused-ring (bicyclic) bond motifs is 1. The van der Waals surface area contributed by atoms with E-state index in [1.807, 2.05) is 6.92 Å². The molecule has 2 aromatic heterocycles. The van der Waals surface area contributed by atoms with Gasteiger partial charge in [0.25, 0.3) is 0 Å². The molecule has 0 aliphatic rings. The van der Waals surface area contributed by atoms with Crippen LogP contribution in [0.1, 0.15) is 15.9 Å². The average Bonchev–Trinajstić information content (AvgIpc) is 2.71. The van der Waals surface area contributed by atoms with Crippen molar-refractivity contribution in [1.29, 1.82) is 0 Å². The number of nitrogens with zero attached hydrogens (tertiary/aromatic N) is 1. The van der Waals surface area contributed by atoms with Crippen molar-refractivity contribution in [2.24, 2.45) is 0 Å². The predicted octanol–water partition coefficient (Wildman–Crippen LogP) is 5.04. The predicted molar refractivity (Wildman–Crippen MR) is 107 cm³/mol. The van der Waals surface area contributed by atoms with Gasteiger partial charge in [0.15, 0.2) is 5.76 Å². The molecule has 0 unspecified atom stereocenters.